The Morgan fingerprint density at radius 1 is 1.08 bits per heavy atom. The lowest BCUT2D eigenvalue weighted by molar-refractivity contribution is -0.160. The lowest BCUT2D eigenvalue weighted by Gasteiger charge is -2.27. The van der Waals surface area contributed by atoms with Gasteiger partial charge in [-0.2, -0.15) is 0 Å². The van der Waals surface area contributed by atoms with E-state index in [1.165, 1.54) is 33.9 Å². The molecule has 1 aromatic heterocycles. The summed E-state index contributed by atoms with van der Waals surface area (Å²) in [5.74, 6) is -1.75. The summed E-state index contributed by atoms with van der Waals surface area (Å²) in [6, 6.07) is -0.833. The zero-order valence-corrected chi connectivity index (χ0v) is 15.1. The summed E-state index contributed by atoms with van der Waals surface area (Å²) in [7, 11) is 0. The molecule has 1 rings (SSSR count). The SMILES string of the molecule is CC(=O)OCC[C@H]([C@@H](COC(C)=O)OC(C)=O)n1cc(C)c(=O)[nH]c1=O. The molecule has 0 aromatic carbocycles. The van der Waals surface area contributed by atoms with Crippen molar-refractivity contribution in [1.29, 1.82) is 0 Å². The van der Waals surface area contributed by atoms with Gasteiger partial charge in [0.25, 0.3) is 5.56 Å². The van der Waals surface area contributed by atoms with Crippen LogP contribution in [0.2, 0.25) is 0 Å². The van der Waals surface area contributed by atoms with E-state index in [2.05, 4.69) is 4.98 Å². The van der Waals surface area contributed by atoms with Crippen LogP contribution in [0.25, 0.3) is 0 Å². The van der Waals surface area contributed by atoms with Crippen LogP contribution in [0.1, 0.15) is 38.8 Å². The molecule has 0 bridgehead atoms. The molecule has 0 spiro atoms. The predicted octanol–water partition coefficient (Wildman–Crippen LogP) is -0.166. The van der Waals surface area contributed by atoms with Crippen LogP contribution in [0.5, 0.6) is 0 Å². The maximum atomic E-state index is 12.2. The normalized spacial score (nSPS) is 12.8. The first kappa shape index (κ1) is 21.1. The molecule has 0 aliphatic heterocycles. The molecule has 2 atom stereocenters. The van der Waals surface area contributed by atoms with Crippen LogP contribution >= 0.6 is 0 Å². The highest BCUT2D eigenvalue weighted by atomic mass is 16.6. The summed E-state index contributed by atoms with van der Waals surface area (Å²) in [4.78, 5) is 59.5. The largest absolute Gasteiger partial charge is 0.466 e. The molecule has 0 aliphatic rings. The lowest BCUT2D eigenvalue weighted by Crippen LogP contribution is -2.41. The van der Waals surface area contributed by atoms with Gasteiger partial charge in [-0.1, -0.05) is 0 Å². The average molecular weight is 370 g/mol. The number of hydrogen-bond donors (Lipinski definition) is 1. The summed E-state index contributed by atoms with van der Waals surface area (Å²) < 4.78 is 16.2. The van der Waals surface area contributed by atoms with Gasteiger partial charge < -0.3 is 14.2 Å². The lowest BCUT2D eigenvalue weighted by atomic mass is 10.1. The van der Waals surface area contributed by atoms with Crippen molar-refractivity contribution in [1.82, 2.24) is 9.55 Å². The van der Waals surface area contributed by atoms with Gasteiger partial charge >= 0.3 is 23.6 Å². The number of carbonyl (C=O) groups is 3. The molecule has 10 heteroatoms. The number of ether oxygens (including phenoxy) is 3. The Morgan fingerprint density at radius 2 is 1.69 bits per heavy atom. The second kappa shape index (κ2) is 9.54. The van der Waals surface area contributed by atoms with Gasteiger partial charge in [0.15, 0.2) is 6.10 Å². The van der Waals surface area contributed by atoms with Crippen molar-refractivity contribution in [3.8, 4) is 0 Å². The maximum Gasteiger partial charge on any atom is 0.328 e. The van der Waals surface area contributed by atoms with Crippen molar-refractivity contribution in [2.75, 3.05) is 13.2 Å². The van der Waals surface area contributed by atoms with Gasteiger partial charge in [-0.3, -0.25) is 28.7 Å². The molecule has 0 fully saturated rings. The van der Waals surface area contributed by atoms with Gasteiger partial charge in [0.05, 0.1) is 12.6 Å². The second-order valence-corrected chi connectivity index (χ2v) is 5.63. The summed E-state index contributed by atoms with van der Waals surface area (Å²) >= 11 is 0. The molecule has 144 valence electrons. The van der Waals surface area contributed by atoms with Crippen molar-refractivity contribution in [3.63, 3.8) is 0 Å². The summed E-state index contributed by atoms with van der Waals surface area (Å²) in [5, 5.41) is 0. The van der Waals surface area contributed by atoms with Crippen LogP contribution in [0.3, 0.4) is 0 Å². The number of aryl methyl sites for hydroxylation is 1. The Morgan fingerprint density at radius 3 is 2.23 bits per heavy atom. The van der Waals surface area contributed by atoms with Gasteiger partial charge in [0.2, 0.25) is 0 Å². The first-order valence-electron chi connectivity index (χ1n) is 7.87. The Balaban J connectivity index is 3.26. The fraction of sp³-hybridized carbons (Fsp3) is 0.562. The van der Waals surface area contributed by atoms with E-state index < -0.39 is 41.3 Å². The highest BCUT2D eigenvalue weighted by Crippen LogP contribution is 2.19. The minimum atomic E-state index is -1.02. The molecule has 0 saturated carbocycles. The number of carbonyl (C=O) groups excluding carboxylic acids is 3. The zero-order chi connectivity index (χ0) is 19.9. The minimum Gasteiger partial charge on any atom is -0.466 e. The molecular weight excluding hydrogens is 348 g/mol. The van der Waals surface area contributed by atoms with Crippen molar-refractivity contribution in [2.24, 2.45) is 0 Å². The Kier molecular flexibility index (Phi) is 7.76. The topological polar surface area (TPSA) is 134 Å². The molecule has 1 heterocycles. The van der Waals surface area contributed by atoms with Gasteiger partial charge in [-0.25, -0.2) is 4.79 Å². The van der Waals surface area contributed by atoms with Gasteiger partial charge in [0, 0.05) is 39.0 Å². The Bertz CT molecular complexity index is 779. The van der Waals surface area contributed by atoms with Crippen molar-refractivity contribution < 1.29 is 28.6 Å². The maximum absolute atomic E-state index is 12.2. The van der Waals surface area contributed by atoms with E-state index in [0.29, 0.717) is 0 Å². The van der Waals surface area contributed by atoms with Crippen molar-refractivity contribution in [2.45, 2.75) is 46.3 Å². The van der Waals surface area contributed by atoms with Crippen LogP contribution in [-0.2, 0) is 28.6 Å². The molecule has 0 radical (unpaired) electrons. The second-order valence-electron chi connectivity index (χ2n) is 5.63. The van der Waals surface area contributed by atoms with Crippen LogP contribution < -0.4 is 11.2 Å². The molecule has 0 amide bonds. The van der Waals surface area contributed by atoms with E-state index in [-0.39, 0.29) is 25.2 Å². The fourth-order valence-electron chi connectivity index (χ4n) is 2.30. The predicted molar refractivity (Wildman–Crippen MR) is 88.5 cm³/mol. The van der Waals surface area contributed by atoms with Crippen LogP contribution in [-0.4, -0.2) is 46.8 Å². The first-order chi connectivity index (χ1) is 12.1. The highest BCUT2D eigenvalue weighted by Gasteiger charge is 2.29. The Hall–Kier alpha value is -2.91. The molecular formula is C16H22N2O8. The van der Waals surface area contributed by atoms with E-state index in [1.54, 1.807) is 0 Å². The molecule has 10 nitrogen and oxygen atoms in total. The quantitative estimate of drug-likeness (QED) is 0.493. The standard InChI is InChI=1S/C16H22N2O8/c1-9-7-18(16(23)17-15(9)22)13(5-6-24-10(2)19)14(26-12(4)21)8-25-11(3)20/h7,13-14H,5-6,8H2,1-4H3,(H,17,22,23)/t13-,14-/m1/s1. The van der Waals surface area contributed by atoms with Crippen LogP contribution in [0, 0.1) is 6.92 Å². The van der Waals surface area contributed by atoms with Crippen LogP contribution in [0.4, 0.5) is 0 Å². The van der Waals surface area contributed by atoms with E-state index in [9.17, 15) is 24.0 Å². The fourth-order valence-corrected chi connectivity index (χ4v) is 2.30. The van der Waals surface area contributed by atoms with E-state index in [4.69, 9.17) is 14.2 Å². The number of nitrogens with zero attached hydrogens (tertiary/aromatic N) is 1. The third-order valence-corrected chi connectivity index (χ3v) is 3.42. The average Bonchev–Trinajstić information content (AvgIpc) is 2.51. The summed E-state index contributed by atoms with van der Waals surface area (Å²) in [6.07, 6.45) is 0.378. The molecule has 0 unspecified atom stereocenters. The van der Waals surface area contributed by atoms with Crippen LogP contribution in [0.15, 0.2) is 15.8 Å². The summed E-state index contributed by atoms with van der Waals surface area (Å²) in [5.41, 5.74) is -1.02. The van der Waals surface area contributed by atoms with E-state index >= 15 is 0 Å². The van der Waals surface area contributed by atoms with Crippen molar-refractivity contribution >= 4 is 17.9 Å². The number of aromatic nitrogens is 2. The third-order valence-electron chi connectivity index (χ3n) is 3.42. The molecule has 26 heavy (non-hydrogen) atoms. The van der Waals surface area contributed by atoms with Gasteiger partial charge in [0.1, 0.15) is 6.61 Å². The van der Waals surface area contributed by atoms with E-state index in [0.717, 1.165) is 4.57 Å². The molecule has 1 N–H and O–H groups in total. The number of H-pyrrole nitrogens is 1. The number of aromatic amines is 1. The minimum absolute atomic E-state index is 0.0670. The first-order valence-corrected chi connectivity index (χ1v) is 7.87. The zero-order valence-electron chi connectivity index (χ0n) is 15.1. The summed E-state index contributed by atoms with van der Waals surface area (Å²) in [6.45, 7) is 4.73. The number of esters is 3. The number of hydrogen-bond acceptors (Lipinski definition) is 8. The van der Waals surface area contributed by atoms with Gasteiger partial charge in [-0.05, 0) is 6.92 Å². The number of rotatable bonds is 8. The smallest absolute Gasteiger partial charge is 0.328 e. The third kappa shape index (κ3) is 6.54. The molecule has 1 aromatic rings. The van der Waals surface area contributed by atoms with Gasteiger partial charge in [-0.15, -0.1) is 0 Å². The molecule has 0 aliphatic carbocycles. The highest BCUT2D eigenvalue weighted by molar-refractivity contribution is 5.67. The number of nitrogens with one attached hydrogen (secondary N) is 1. The molecule has 0 saturated heterocycles. The monoisotopic (exact) mass is 370 g/mol. The van der Waals surface area contributed by atoms with Crippen molar-refractivity contribution in [3.05, 3.63) is 32.6 Å². The Labute approximate surface area is 149 Å². The van der Waals surface area contributed by atoms with E-state index in [1.807, 2.05) is 0 Å².